The fourth-order valence-corrected chi connectivity index (χ4v) is 1.87. The Kier molecular flexibility index (Phi) is 7.75. The molecule has 0 heterocycles. The Morgan fingerprint density at radius 2 is 1.86 bits per heavy atom. The molecule has 0 radical (unpaired) electrons. The van der Waals surface area contributed by atoms with Gasteiger partial charge in [-0.3, -0.25) is 0 Å². The molecule has 0 aliphatic heterocycles. The smallest absolute Gasteiger partial charge is 0.00965 e. The van der Waals surface area contributed by atoms with Crippen LogP contribution < -0.4 is 5.32 Å². The average molecular weight is 217 g/mol. The molecule has 1 unspecified atom stereocenters. The molecule has 0 rings (SSSR count). The fourth-order valence-electron chi connectivity index (χ4n) is 1.41. The maximum atomic E-state index is 3.54. The zero-order valence-electron chi connectivity index (χ0n) is 10.5. The monoisotopic (exact) mass is 217 g/mol. The van der Waals surface area contributed by atoms with Crippen LogP contribution in [-0.2, 0) is 0 Å². The number of rotatable bonds is 7. The van der Waals surface area contributed by atoms with Crippen LogP contribution in [0, 0.1) is 5.92 Å². The van der Waals surface area contributed by atoms with Crippen LogP contribution in [0.1, 0.15) is 47.0 Å². The molecular weight excluding hydrogens is 190 g/mol. The molecule has 0 saturated carbocycles. The second-order valence-electron chi connectivity index (χ2n) is 5.21. The summed E-state index contributed by atoms with van der Waals surface area (Å²) in [7, 11) is 0. The van der Waals surface area contributed by atoms with E-state index in [1.54, 1.807) is 0 Å². The Balaban J connectivity index is 3.31. The van der Waals surface area contributed by atoms with Crippen molar-refractivity contribution in [2.24, 2.45) is 5.92 Å². The van der Waals surface area contributed by atoms with Gasteiger partial charge in [-0.2, -0.15) is 11.8 Å². The molecule has 0 aromatic rings. The lowest BCUT2D eigenvalue weighted by molar-refractivity contribution is 0.386. The van der Waals surface area contributed by atoms with Gasteiger partial charge in [0, 0.05) is 5.54 Å². The Morgan fingerprint density at radius 1 is 1.21 bits per heavy atom. The highest BCUT2D eigenvalue weighted by Crippen LogP contribution is 2.12. The summed E-state index contributed by atoms with van der Waals surface area (Å²) in [6.45, 7) is 10.2. The molecule has 0 aliphatic rings. The maximum absolute atomic E-state index is 3.54. The third kappa shape index (κ3) is 10.4. The van der Waals surface area contributed by atoms with Crippen LogP contribution in [0.25, 0.3) is 0 Å². The lowest BCUT2D eigenvalue weighted by Crippen LogP contribution is -2.36. The van der Waals surface area contributed by atoms with Gasteiger partial charge in [0.1, 0.15) is 0 Å². The lowest BCUT2D eigenvalue weighted by Gasteiger charge is -2.21. The van der Waals surface area contributed by atoms with Gasteiger partial charge >= 0.3 is 0 Å². The van der Waals surface area contributed by atoms with Gasteiger partial charge < -0.3 is 5.32 Å². The highest BCUT2D eigenvalue weighted by atomic mass is 32.2. The van der Waals surface area contributed by atoms with E-state index in [9.17, 15) is 0 Å². The summed E-state index contributed by atoms with van der Waals surface area (Å²) in [4.78, 5) is 0. The van der Waals surface area contributed by atoms with Gasteiger partial charge in [-0.25, -0.2) is 0 Å². The van der Waals surface area contributed by atoms with Crippen molar-refractivity contribution in [3.63, 3.8) is 0 Å². The second kappa shape index (κ2) is 7.58. The quantitative estimate of drug-likeness (QED) is 0.655. The molecule has 0 fully saturated rings. The van der Waals surface area contributed by atoms with Crippen molar-refractivity contribution in [2.45, 2.75) is 52.5 Å². The first-order valence-electron chi connectivity index (χ1n) is 5.69. The summed E-state index contributed by atoms with van der Waals surface area (Å²) >= 11 is 1.96. The first-order valence-corrected chi connectivity index (χ1v) is 7.09. The van der Waals surface area contributed by atoms with Crippen molar-refractivity contribution in [3.8, 4) is 0 Å². The fraction of sp³-hybridized carbons (Fsp3) is 1.00. The molecule has 0 amide bonds. The first kappa shape index (κ1) is 14.3. The van der Waals surface area contributed by atoms with Crippen LogP contribution >= 0.6 is 11.8 Å². The summed E-state index contributed by atoms with van der Waals surface area (Å²) in [6, 6.07) is 0. The van der Waals surface area contributed by atoms with Crippen molar-refractivity contribution in [1.29, 1.82) is 0 Å². The molecule has 2 heteroatoms. The maximum Gasteiger partial charge on any atom is 0.00965 e. The number of hydrogen-bond acceptors (Lipinski definition) is 2. The predicted octanol–water partition coefficient (Wildman–Crippen LogP) is 3.54. The first-order chi connectivity index (χ1) is 6.45. The van der Waals surface area contributed by atoms with Crippen LogP contribution in [0.3, 0.4) is 0 Å². The average Bonchev–Trinajstić information content (AvgIpc) is 2.02. The molecule has 0 aliphatic carbocycles. The van der Waals surface area contributed by atoms with E-state index in [0.29, 0.717) is 0 Å². The summed E-state index contributed by atoms with van der Waals surface area (Å²) < 4.78 is 0. The van der Waals surface area contributed by atoms with E-state index in [1.165, 1.54) is 25.0 Å². The number of thioether (sulfide) groups is 1. The van der Waals surface area contributed by atoms with Crippen molar-refractivity contribution in [3.05, 3.63) is 0 Å². The molecule has 1 N–H and O–H groups in total. The number of nitrogens with one attached hydrogen (secondary N) is 1. The minimum atomic E-state index is 0.277. The molecule has 14 heavy (non-hydrogen) atoms. The van der Waals surface area contributed by atoms with E-state index < -0.39 is 0 Å². The second-order valence-corrected chi connectivity index (χ2v) is 6.19. The predicted molar refractivity (Wildman–Crippen MR) is 69.2 cm³/mol. The minimum absolute atomic E-state index is 0.277. The van der Waals surface area contributed by atoms with Crippen molar-refractivity contribution in [1.82, 2.24) is 5.32 Å². The van der Waals surface area contributed by atoms with Crippen molar-refractivity contribution >= 4 is 11.8 Å². The van der Waals surface area contributed by atoms with E-state index in [-0.39, 0.29) is 5.54 Å². The van der Waals surface area contributed by atoms with E-state index in [1.807, 2.05) is 11.8 Å². The Labute approximate surface area is 94.4 Å². The van der Waals surface area contributed by atoms with Crippen LogP contribution in [0.4, 0.5) is 0 Å². The Morgan fingerprint density at radius 3 is 2.36 bits per heavy atom. The number of hydrogen-bond donors (Lipinski definition) is 1. The van der Waals surface area contributed by atoms with Gasteiger partial charge in [0.15, 0.2) is 0 Å². The van der Waals surface area contributed by atoms with Gasteiger partial charge in [0.2, 0.25) is 0 Å². The van der Waals surface area contributed by atoms with Gasteiger partial charge in [0.05, 0.1) is 0 Å². The molecule has 1 nitrogen and oxygen atoms in total. The molecule has 0 saturated heterocycles. The normalized spacial score (nSPS) is 14.4. The highest BCUT2D eigenvalue weighted by Gasteiger charge is 2.09. The standard InChI is InChI=1S/C12H27NS/c1-11(7-6-10-14-5)8-9-13-12(2,3)4/h11,13H,6-10H2,1-5H3. The zero-order chi connectivity index (χ0) is 11.0. The van der Waals surface area contributed by atoms with Crippen LogP contribution in [0.2, 0.25) is 0 Å². The SMILES string of the molecule is CSCCCC(C)CCNC(C)(C)C. The molecule has 0 spiro atoms. The van der Waals surface area contributed by atoms with Crippen molar-refractivity contribution < 1.29 is 0 Å². The summed E-state index contributed by atoms with van der Waals surface area (Å²) in [5.41, 5.74) is 0.277. The Bertz CT molecular complexity index is 129. The molecule has 86 valence electrons. The molecule has 1 atom stereocenters. The topological polar surface area (TPSA) is 12.0 Å². The van der Waals surface area contributed by atoms with Crippen molar-refractivity contribution in [2.75, 3.05) is 18.6 Å². The largest absolute Gasteiger partial charge is 0.312 e. The molecular formula is C12H27NS. The lowest BCUT2D eigenvalue weighted by atomic mass is 10.0. The van der Waals surface area contributed by atoms with Gasteiger partial charge in [0.25, 0.3) is 0 Å². The van der Waals surface area contributed by atoms with Gasteiger partial charge in [-0.1, -0.05) is 6.92 Å². The Hall–Kier alpha value is 0.310. The van der Waals surface area contributed by atoms with Crippen LogP contribution in [-0.4, -0.2) is 24.1 Å². The van der Waals surface area contributed by atoms with Gasteiger partial charge in [-0.05, 0) is 64.5 Å². The van der Waals surface area contributed by atoms with E-state index >= 15 is 0 Å². The molecule has 0 aromatic heterocycles. The summed E-state index contributed by atoms with van der Waals surface area (Å²) in [6.07, 6.45) is 6.25. The third-order valence-corrected chi connectivity index (χ3v) is 3.03. The minimum Gasteiger partial charge on any atom is -0.312 e. The summed E-state index contributed by atoms with van der Waals surface area (Å²) in [5.74, 6) is 2.19. The van der Waals surface area contributed by atoms with E-state index in [2.05, 4.69) is 39.3 Å². The van der Waals surface area contributed by atoms with E-state index in [4.69, 9.17) is 0 Å². The van der Waals surface area contributed by atoms with Gasteiger partial charge in [-0.15, -0.1) is 0 Å². The van der Waals surface area contributed by atoms with Crippen LogP contribution in [0.5, 0.6) is 0 Å². The molecule has 0 aromatic carbocycles. The molecule has 0 bridgehead atoms. The van der Waals surface area contributed by atoms with Crippen LogP contribution in [0.15, 0.2) is 0 Å². The highest BCUT2D eigenvalue weighted by molar-refractivity contribution is 7.98. The zero-order valence-corrected chi connectivity index (χ0v) is 11.3. The third-order valence-electron chi connectivity index (χ3n) is 2.34. The summed E-state index contributed by atoms with van der Waals surface area (Å²) in [5, 5.41) is 3.54. The van der Waals surface area contributed by atoms with E-state index in [0.717, 1.165) is 12.5 Å².